The van der Waals surface area contributed by atoms with Crippen molar-refractivity contribution in [1.29, 1.82) is 0 Å². The number of halogens is 1. The van der Waals surface area contributed by atoms with E-state index in [-0.39, 0.29) is 17.4 Å². The summed E-state index contributed by atoms with van der Waals surface area (Å²) in [6, 6.07) is 3.17. The van der Waals surface area contributed by atoms with E-state index in [9.17, 15) is 9.18 Å². The van der Waals surface area contributed by atoms with Gasteiger partial charge in [-0.15, -0.1) is 0 Å². The number of aromatic nitrogens is 3. The highest BCUT2D eigenvalue weighted by molar-refractivity contribution is 6.06. The second kappa shape index (κ2) is 6.09. The van der Waals surface area contributed by atoms with Gasteiger partial charge in [0.25, 0.3) is 5.91 Å². The summed E-state index contributed by atoms with van der Waals surface area (Å²) in [5.41, 5.74) is 3.14. The summed E-state index contributed by atoms with van der Waals surface area (Å²) in [6.45, 7) is 4.09. The smallest absolute Gasteiger partial charge is 0.280 e. The SMILES string of the molecule is Cc1ccc(F)c2c1CCCN2C(=O)c1nc(-c2cnn(C)c2)oc1C. The first-order chi connectivity index (χ1) is 12.5. The Balaban J connectivity index is 1.74. The number of fused-ring (bicyclic) bond motifs is 1. The van der Waals surface area contributed by atoms with E-state index in [1.54, 1.807) is 37.1 Å². The number of anilines is 1. The highest BCUT2D eigenvalue weighted by Crippen LogP contribution is 2.34. The predicted octanol–water partition coefficient (Wildman–Crippen LogP) is 3.42. The summed E-state index contributed by atoms with van der Waals surface area (Å²) in [7, 11) is 1.79. The minimum atomic E-state index is -0.382. The van der Waals surface area contributed by atoms with Gasteiger partial charge in [0.2, 0.25) is 5.89 Å². The fourth-order valence-corrected chi connectivity index (χ4v) is 3.42. The van der Waals surface area contributed by atoms with Crippen LogP contribution in [0.25, 0.3) is 11.5 Å². The summed E-state index contributed by atoms with van der Waals surface area (Å²) in [5, 5.41) is 4.09. The number of oxazole rings is 1. The largest absolute Gasteiger partial charge is 0.440 e. The Hall–Kier alpha value is -2.96. The van der Waals surface area contributed by atoms with E-state index in [2.05, 4.69) is 10.1 Å². The molecule has 26 heavy (non-hydrogen) atoms. The Labute approximate surface area is 150 Å². The van der Waals surface area contributed by atoms with Crippen LogP contribution in [-0.4, -0.2) is 27.2 Å². The Kier molecular flexibility index (Phi) is 3.86. The zero-order valence-corrected chi connectivity index (χ0v) is 14.9. The van der Waals surface area contributed by atoms with Gasteiger partial charge in [0.1, 0.15) is 11.6 Å². The van der Waals surface area contributed by atoms with Gasteiger partial charge < -0.3 is 9.32 Å². The molecule has 0 unspecified atom stereocenters. The van der Waals surface area contributed by atoms with Gasteiger partial charge in [0, 0.05) is 19.8 Å². The molecule has 0 aliphatic carbocycles. The van der Waals surface area contributed by atoms with Crippen molar-refractivity contribution in [3.63, 3.8) is 0 Å². The van der Waals surface area contributed by atoms with Crippen LogP contribution in [0.3, 0.4) is 0 Å². The number of carbonyl (C=O) groups is 1. The van der Waals surface area contributed by atoms with Crippen LogP contribution >= 0.6 is 0 Å². The number of carbonyl (C=O) groups excluding carboxylic acids is 1. The molecular formula is C19H19FN4O2. The van der Waals surface area contributed by atoms with E-state index < -0.39 is 0 Å². The normalized spacial score (nSPS) is 13.8. The average Bonchev–Trinajstić information content (AvgIpc) is 3.23. The fraction of sp³-hybridized carbons (Fsp3) is 0.316. The summed E-state index contributed by atoms with van der Waals surface area (Å²) >= 11 is 0. The molecule has 3 aromatic rings. The molecular weight excluding hydrogens is 335 g/mol. The molecule has 1 aliphatic heterocycles. The van der Waals surface area contributed by atoms with Crippen molar-refractivity contribution in [3.8, 4) is 11.5 Å². The molecule has 0 radical (unpaired) electrons. The molecule has 7 heteroatoms. The summed E-state index contributed by atoms with van der Waals surface area (Å²) in [5.74, 6) is 0.0223. The molecule has 0 saturated heterocycles. The standard InChI is InChI=1S/C19H19FN4O2/c1-11-6-7-15(20)17-14(11)5-4-8-24(17)19(25)16-12(2)26-18(22-16)13-9-21-23(3)10-13/h6-7,9-10H,4-5,8H2,1-3H3. The van der Waals surface area contributed by atoms with Gasteiger partial charge in [0.15, 0.2) is 5.69 Å². The quantitative estimate of drug-likeness (QED) is 0.707. The van der Waals surface area contributed by atoms with Crippen LogP contribution in [0.2, 0.25) is 0 Å². The van der Waals surface area contributed by atoms with Crippen molar-refractivity contribution in [2.24, 2.45) is 7.05 Å². The second-order valence-electron chi connectivity index (χ2n) is 6.58. The van der Waals surface area contributed by atoms with Crippen LogP contribution in [-0.2, 0) is 13.5 Å². The second-order valence-corrected chi connectivity index (χ2v) is 6.58. The topological polar surface area (TPSA) is 64.2 Å². The van der Waals surface area contributed by atoms with E-state index in [1.165, 1.54) is 11.0 Å². The van der Waals surface area contributed by atoms with E-state index in [0.717, 1.165) is 24.0 Å². The molecule has 1 amide bonds. The maximum Gasteiger partial charge on any atom is 0.280 e. The third kappa shape index (κ3) is 2.60. The molecule has 0 saturated carbocycles. The first kappa shape index (κ1) is 16.5. The highest BCUT2D eigenvalue weighted by atomic mass is 19.1. The van der Waals surface area contributed by atoms with Gasteiger partial charge >= 0.3 is 0 Å². The van der Waals surface area contributed by atoms with Crippen LogP contribution in [0.1, 0.15) is 33.8 Å². The zero-order valence-electron chi connectivity index (χ0n) is 14.9. The number of hydrogen-bond donors (Lipinski definition) is 0. The van der Waals surface area contributed by atoms with E-state index >= 15 is 0 Å². The third-order valence-corrected chi connectivity index (χ3v) is 4.74. The van der Waals surface area contributed by atoms with Gasteiger partial charge in [0.05, 0.1) is 17.4 Å². The van der Waals surface area contributed by atoms with Crippen LogP contribution in [0.15, 0.2) is 28.9 Å². The van der Waals surface area contributed by atoms with E-state index in [4.69, 9.17) is 4.42 Å². The van der Waals surface area contributed by atoms with Crippen molar-refractivity contribution in [1.82, 2.24) is 14.8 Å². The molecule has 0 fully saturated rings. The number of rotatable bonds is 2. The molecule has 0 bridgehead atoms. The van der Waals surface area contributed by atoms with Crippen LogP contribution in [0, 0.1) is 19.7 Å². The monoisotopic (exact) mass is 354 g/mol. The number of hydrogen-bond acceptors (Lipinski definition) is 4. The van der Waals surface area contributed by atoms with E-state index in [0.29, 0.717) is 29.4 Å². The predicted molar refractivity (Wildman–Crippen MR) is 94.6 cm³/mol. The lowest BCUT2D eigenvalue weighted by molar-refractivity contribution is 0.0978. The van der Waals surface area contributed by atoms with Crippen molar-refractivity contribution in [3.05, 3.63) is 52.9 Å². The molecule has 1 aromatic carbocycles. The Morgan fingerprint density at radius 1 is 1.31 bits per heavy atom. The molecule has 2 aromatic heterocycles. The third-order valence-electron chi connectivity index (χ3n) is 4.74. The van der Waals surface area contributed by atoms with Crippen molar-refractivity contribution in [2.45, 2.75) is 26.7 Å². The number of amides is 1. The molecule has 0 atom stereocenters. The number of nitrogens with zero attached hydrogens (tertiary/aromatic N) is 4. The zero-order chi connectivity index (χ0) is 18.4. The van der Waals surface area contributed by atoms with Crippen LogP contribution < -0.4 is 4.90 Å². The van der Waals surface area contributed by atoms with Gasteiger partial charge in [-0.2, -0.15) is 5.10 Å². The van der Waals surface area contributed by atoms with Crippen LogP contribution in [0.4, 0.5) is 10.1 Å². The summed E-state index contributed by atoms with van der Waals surface area (Å²) < 4.78 is 21.8. The Bertz CT molecular complexity index is 1010. The Morgan fingerprint density at radius 3 is 2.85 bits per heavy atom. The lowest BCUT2D eigenvalue weighted by Gasteiger charge is -2.30. The van der Waals surface area contributed by atoms with Gasteiger partial charge in [-0.1, -0.05) is 6.07 Å². The summed E-state index contributed by atoms with van der Waals surface area (Å²) in [6.07, 6.45) is 4.94. The lowest BCUT2D eigenvalue weighted by atomic mass is 9.96. The minimum absolute atomic E-state index is 0.206. The highest BCUT2D eigenvalue weighted by Gasteiger charge is 2.31. The van der Waals surface area contributed by atoms with Gasteiger partial charge in [-0.3, -0.25) is 9.48 Å². The van der Waals surface area contributed by atoms with Crippen LogP contribution in [0.5, 0.6) is 0 Å². The molecule has 1 aliphatic rings. The Morgan fingerprint density at radius 2 is 2.12 bits per heavy atom. The summed E-state index contributed by atoms with van der Waals surface area (Å²) in [4.78, 5) is 19.0. The molecule has 0 N–H and O–H groups in total. The van der Waals surface area contributed by atoms with E-state index in [1.807, 2.05) is 6.92 Å². The van der Waals surface area contributed by atoms with Crippen molar-refractivity contribution < 1.29 is 13.6 Å². The maximum atomic E-state index is 14.5. The van der Waals surface area contributed by atoms with Crippen molar-refractivity contribution in [2.75, 3.05) is 11.4 Å². The number of aryl methyl sites for hydroxylation is 3. The minimum Gasteiger partial charge on any atom is -0.440 e. The maximum absolute atomic E-state index is 14.5. The molecule has 4 rings (SSSR count). The average molecular weight is 354 g/mol. The molecule has 6 nitrogen and oxygen atoms in total. The van der Waals surface area contributed by atoms with Crippen molar-refractivity contribution >= 4 is 11.6 Å². The fourth-order valence-electron chi connectivity index (χ4n) is 3.42. The molecule has 134 valence electrons. The van der Waals surface area contributed by atoms with Gasteiger partial charge in [-0.25, -0.2) is 9.37 Å². The molecule has 3 heterocycles. The molecule has 0 spiro atoms. The number of benzene rings is 1. The van der Waals surface area contributed by atoms with Gasteiger partial charge in [-0.05, 0) is 43.9 Å². The lowest BCUT2D eigenvalue weighted by Crippen LogP contribution is -2.37. The first-order valence-electron chi connectivity index (χ1n) is 8.52. The first-order valence-corrected chi connectivity index (χ1v) is 8.52.